The van der Waals surface area contributed by atoms with Gasteiger partial charge in [0.1, 0.15) is 0 Å². The molecule has 0 saturated heterocycles. The molecular weight excluding hydrogens is 382 g/mol. The Labute approximate surface area is 146 Å². The third-order valence-electron chi connectivity index (χ3n) is 3.43. The number of amides is 1. The molecule has 2 aromatic carbocycles. The van der Waals surface area contributed by atoms with Crippen LogP contribution in [0.3, 0.4) is 0 Å². The van der Waals surface area contributed by atoms with Gasteiger partial charge in [0.25, 0.3) is 5.91 Å². The summed E-state index contributed by atoms with van der Waals surface area (Å²) < 4.78 is 5.91. The molecule has 1 aliphatic heterocycles. The van der Waals surface area contributed by atoms with Gasteiger partial charge in [0.15, 0.2) is 11.5 Å². The van der Waals surface area contributed by atoms with E-state index in [0.717, 1.165) is 16.8 Å². The number of benzene rings is 2. The minimum Gasteiger partial charge on any atom is -0.503 e. The van der Waals surface area contributed by atoms with Gasteiger partial charge < -0.3 is 15.2 Å². The Bertz CT molecular complexity index is 833. The molecule has 6 heteroatoms. The summed E-state index contributed by atoms with van der Waals surface area (Å²) >= 11 is 9.32. The number of hydrogen-bond donors (Lipinski definition) is 2. The number of fused-ring (bicyclic) bond motifs is 1. The Morgan fingerprint density at radius 1 is 1.35 bits per heavy atom. The molecule has 0 saturated carbocycles. The molecule has 0 fully saturated rings. The van der Waals surface area contributed by atoms with Crippen LogP contribution < -0.4 is 10.1 Å². The molecule has 0 radical (unpaired) electrons. The van der Waals surface area contributed by atoms with Gasteiger partial charge in [0.2, 0.25) is 0 Å². The van der Waals surface area contributed by atoms with Gasteiger partial charge in [-0.05, 0) is 64.8 Å². The van der Waals surface area contributed by atoms with E-state index in [9.17, 15) is 9.90 Å². The molecule has 0 aromatic heterocycles. The first-order valence-corrected chi connectivity index (χ1v) is 8.15. The third-order valence-corrected chi connectivity index (χ3v) is 4.27. The predicted octanol–water partition coefficient (Wildman–Crippen LogP) is 4.70. The van der Waals surface area contributed by atoms with Crippen molar-refractivity contribution in [3.63, 3.8) is 0 Å². The van der Waals surface area contributed by atoms with Crippen LogP contribution in [0.25, 0.3) is 11.6 Å². The van der Waals surface area contributed by atoms with Crippen molar-refractivity contribution in [1.29, 1.82) is 0 Å². The highest BCUT2D eigenvalue weighted by Gasteiger charge is 2.24. The zero-order valence-electron chi connectivity index (χ0n) is 12.2. The lowest BCUT2D eigenvalue weighted by Crippen LogP contribution is -2.03. The molecule has 0 spiro atoms. The Hall–Kier alpha value is -1.98. The molecular formula is C17H13BrClNO3. The topological polar surface area (TPSA) is 58.6 Å². The quantitative estimate of drug-likeness (QED) is 0.742. The highest BCUT2D eigenvalue weighted by Crippen LogP contribution is 2.39. The average Bonchev–Trinajstić information content (AvgIpc) is 2.80. The average molecular weight is 395 g/mol. The van der Waals surface area contributed by atoms with Crippen molar-refractivity contribution in [3.8, 4) is 11.5 Å². The Kier molecular flexibility index (Phi) is 4.33. The van der Waals surface area contributed by atoms with Crippen molar-refractivity contribution in [2.45, 2.75) is 6.92 Å². The van der Waals surface area contributed by atoms with E-state index in [-0.39, 0.29) is 11.7 Å². The van der Waals surface area contributed by atoms with Crippen LogP contribution in [0, 0.1) is 0 Å². The standard InChI is InChI=1S/C17H13BrClNO3/c1-2-23-15-7-9(6-13(18)16(15)21)5-12-11-8-10(19)3-4-14(11)20-17(12)22/h3-8,21H,2H2,1H3,(H,20,22)/b12-5-. The molecule has 0 atom stereocenters. The van der Waals surface area contributed by atoms with Crippen molar-refractivity contribution in [2.75, 3.05) is 11.9 Å². The number of carbonyl (C=O) groups is 1. The number of ether oxygens (including phenoxy) is 1. The molecule has 2 N–H and O–H groups in total. The molecule has 0 unspecified atom stereocenters. The van der Waals surface area contributed by atoms with Gasteiger partial charge in [-0.1, -0.05) is 11.6 Å². The molecule has 3 rings (SSSR count). The van der Waals surface area contributed by atoms with E-state index in [2.05, 4.69) is 21.2 Å². The van der Waals surface area contributed by atoms with Crippen LogP contribution in [0.4, 0.5) is 5.69 Å². The minimum absolute atomic E-state index is 0.0355. The first-order chi connectivity index (χ1) is 11.0. The number of rotatable bonds is 3. The van der Waals surface area contributed by atoms with E-state index in [4.69, 9.17) is 16.3 Å². The van der Waals surface area contributed by atoms with E-state index < -0.39 is 0 Å². The first kappa shape index (κ1) is 15.9. The molecule has 4 nitrogen and oxygen atoms in total. The number of aromatic hydroxyl groups is 1. The lowest BCUT2D eigenvalue weighted by Gasteiger charge is -2.09. The van der Waals surface area contributed by atoms with Crippen LogP contribution in [0.5, 0.6) is 11.5 Å². The van der Waals surface area contributed by atoms with Crippen molar-refractivity contribution < 1.29 is 14.6 Å². The maximum absolute atomic E-state index is 12.2. The van der Waals surface area contributed by atoms with E-state index in [0.29, 0.717) is 27.4 Å². The van der Waals surface area contributed by atoms with Crippen molar-refractivity contribution >= 4 is 50.8 Å². The Morgan fingerprint density at radius 2 is 2.13 bits per heavy atom. The summed E-state index contributed by atoms with van der Waals surface area (Å²) in [5, 5.41) is 13.3. The van der Waals surface area contributed by atoms with Gasteiger partial charge in [0, 0.05) is 21.8 Å². The van der Waals surface area contributed by atoms with Crippen LogP contribution in [0.15, 0.2) is 34.8 Å². The predicted molar refractivity (Wildman–Crippen MR) is 94.9 cm³/mol. The minimum atomic E-state index is -0.190. The Morgan fingerprint density at radius 3 is 2.87 bits per heavy atom. The van der Waals surface area contributed by atoms with E-state index >= 15 is 0 Å². The first-order valence-electron chi connectivity index (χ1n) is 6.98. The van der Waals surface area contributed by atoms with Gasteiger partial charge >= 0.3 is 0 Å². The second-order valence-corrected chi connectivity index (χ2v) is 6.28. The third kappa shape index (κ3) is 3.07. The number of phenolic OH excluding ortho intramolecular Hbond substituents is 1. The van der Waals surface area contributed by atoms with Gasteiger partial charge in [-0.25, -0.2) is 0 Å². The molecule has 1 amide bonds. The fourth-order valence-electron chi connectivity index (χ4n) is 2.41. The molecule has 2 aromatic rings. The number of hydrogen-bond acceptors (Lipinski definition) is 3. The SMILES string of the molecule is CCOc1cc(/C=C2\C(=O)Nc3ccc(Cl)cc32)cc(Br)c1O. The summed E-state index contributed by atoms with van der Waals surface area (Å²) in [7, 11) is 0. The molecule has 23 heavy (non-hydrogen) atoms. The highest BCUT2D eigenvalue weighted by atomic mass is 79.9. The smallest absolute Gasteiger partial charge is 0.256 e. The van der Waals surface area contributed by atoms with E-state index in [1.54, 1.807) is 36.4 Å². The van der Waals surface area contributed by atoms with Crippen LogP contribution in [0.2, 0.25) is 5.02 Å². The fourth-order valence-corrected chi connectivity index (χ4v) is 3.04. The van der Waals surface area contributed by atoms with Crippen LogP contribution in [-0.2, 0) is 4.79 Å². The summed E-state index contributed by atoms with van der Waals surface area (Å²) in [5.74, 6) is 0.205. The van der Waals surface area contributed by atoms with Gasteiger partial charge in [-0.2, -0.15) is 0 Å². The maximum Gasteiger partial charge on any atom is 0.256 e. The van der Waals surface area contributed by atoms with Crippen LogP contribution in [-0.4, -0.2) is 17.6 Å². The van der Waals surface area contributed by atoms with Crippen molar-refractivity contribution in [1.82, 2.24) is 0 Å². The lowest BCUT2D eigenvalue weighted by atomic mass is 10.0. The maximum atomic E-state index is 12.2. The van der Waals surface area contributed by atoms with Gasteiger partial charge in [-0.15, -0.1) is 0 Å². The van der Waals surface area contributed by atoms with Crippen LogP contribution in [0.1, 0.15) is 18.1 Å². The Balaban J connectivity index is 2.09. The number of nitrogens with one attached hydrogen (secondary N) is 1. The molecule has 1 aliphatic rings. The van der Waals surface area contributed by atoms with Gasteiger partial charge in [0.05, 0.1) is 11.1 Å². The van der Waals surface area contributed by atoms with E-state index in [1.807, 2.05) is 6.92 Å². The van der Waals surface area contributed by atoms with E-state index in [1.165, 1.54) is 0 Å². The zero-order chi connectivity index (χ0) is 16.6. The van der Waals surface area contributed by atoms with Gasteiger partial charge in [-0.3, -0.25) is 4.79 Å². The summed E-state index contributed by atoms with van der Waals surface area (Å²) in [6, 6.07) is 8.66. The largest absolute Gasteiger partial charge is 0.503 e. The number of anilines is 1. The molecule has 0 bridgehead atoms. The number of carbonyl (C=O) groups excluding carboxylic acids is 1. The fraction of sp³-hybridized carbons (Fsp3) is 0.118. The van der Waals surface area contributed by atoms with Crippen LogP contribution >= 0.6 is 27.5 Å². The summed E-state index contributed by atoms with van der Waals surface area (Å²) in [6.07, 6.45) is 1.74. The normalized spacial score (nSPS) is 14.7. The molecule has 1 heterocycles. The number of phenols is 1. The summed E-state index contributed by atoms with van der Waals surface area (Å²) in [5.41, 5.74) is 2.73. The second kappa shape index (κ2) is 6.26. The van der Waals surface area contributed by atoms with Crippen molar-refractivity contribution in [2.24, 2.45) is 0 Å². The summed E-state index contributed by atoms with van der Waals surface area (Å²) in [6.45, 7) is 2.26. The lowest BCUT2D eigenvalue weighted by molar-refractivity contribution is -0.110. The number of halogens is 2. The monoisotopic (exact) mass is 393 g/mol. The second-order valence-electron chi connectivity index (χ2n) is 4.98. The highest BCUT2D eigenvalue weighted by molar-refractivity contribution is 9.10. The zero-order valence-corrected chi connectivity index (χ0v) is 14.5. The summed E-state index contributed by atoms with van der Waals surface area (Å²) in [4.78, 5) is 12.2. The molecule has 118 valence electrons. The van der Waals surface area contributed by atoms with Crippen molar-refractivity contribution in [3.05, 3.63) is 51.0 Å². The molecule has 0 aliphatic carbocycles.